The smallest absolute Gasteiger partial charge is 0.0285 e. The maximum atomic E-state index is 3.53. The highest BCUT2D eigenvalue weighted by atomic mass is 79.9. The quantitative estimate of drug-likeness (QED) is 0.802. The van der Waals surface area contributed by atoms with Crippen molar-refractivity contribution in [3.63, 3.8) is 0 Å². The molecule has 1 N–H and O–H groups in total. The third kappa shape index (κ3) is 3.41. The maximum Gasteiger partial charge on any atom is 0.0285 e. The molecule has 1 heterocycles. The van der Waals surface area contributed by atoms with Crippen LogP contribution in [0.1, 0.15) is 24.1 Å². The van der Waals surface area contributed by atoms with Crippen LogP contribution in [-0.2, 0) is 6.42 Å². The van der Waals surface area contributed by atoms with Gasteiger partial charge in [-0.25, -0.2) is 0 Å². The van der Waals surface area contributed by atoms with Crippen molar-refractivity contribution in [2.75, 3.05) is 6.54 Å². The molecule has 0 bridgehead atoms. The Labute approximate surface area is 91.7 Å². The second-order valence-corrected chi connectivity index (χ2v) is 5.47. The number of hydrogen-bond acceptors (Lipinski definition) is 2. The van der Waals surface area contributed by atoms with Gasteiger partial charge in [0.15, 0.2) is 0 Å². The Bertz CT molecular complexity index is 268. The van der Waals surface area contributed by atoms with Crippen LogP contribution in [0.4, 0.5) is 0 Å². The number of halogens is 1. The first-order valence-corrected chi connectivity index (χ1v) is 6.48. The van der Waals surface area contributed by atoms with Crippen LogP contribution in [0.15, 0.2) is 15.9 Å². The molecular weight excluding hydrogens is 246 g/mol. The second kappa shape index (κ2) is 4.58. The third-order valence-electron chi connectivity index (χ3n) is 2.23. The summed E-state index contributed by atoms with van der Waals surface area (Å²) in [6.07, 6.45) is 5.27. The predicted molar refractivity (Wildman–Crippen MR) is 61.4 cm³/mol. The molecule has 0 radical (unpaired) electrons. The van der Waals surface area contributed by atoms with Gasteiger partial charge in [-0.05, 0) is 54.2 Å². The van der Waals surface area contributed by atoms with E-state index in [4.69, 9.17) is 0 Å². The van der Waals surface area contributed by atoms with Crippen LogP contribution in [-0.4, -0.2) is 12.6 Å². The van der Waals surface area contributed by atoms with Crippen LogP contribution in [0.25, 0.3) is 0 Å². The van der Waals surface area contributed by atoms with E-state index in [1.54, 1.807) is 0 Å². The molecule has 0 spiro atoms. The molecule has 1 aromatic heterocycles. The first kappa shape index (κ1) is 9.69. The predicted octanol–water partition coefficient (Wildman–Crippen LogP) is 3.20. The van der Waals surface area contributed by atoms with Crippen molar-refractivity contribution < 1.29 is 0 Å². The molecule has 1 aromatic rings. The number of nitrogens with one attached hydrogen (secondary N) is 1. The molecule has 1 aliphatic carbocycles. The molecule has 0 saturated heterocycles. The fourth-order valence-electron chi connectivity index (χ4n) is 1.34. The first-order chi connectivity index (χ1) is 6.34. The summed E-state index contributed by atoms with van der Waals surface area (Å²) in [7, 11) is 0. The van der Waals surface area contributed by atoms with E-state index in [9.17, 15) is 0 Å². The van der Waals surface area contributed by atoms with E-state index in [1.807, 2.05) is 11.3 Å². The van der Waals surface area contributed by atoms with E-state index < -0.39 is 0 Å². The van der Waals surface area contributed by atoms with Crippen molar-refractivity contribution in [3.8, 4) is 0 Å². The van der Waals surface area contributed by atoms with Crippen LogP contribution in [0.5, 0.6) is 0 Å². The summed E-state index contributed by atoms with van der Waals surface area (Å²) in [6, 6.07) is 3.08. The second-order valence-electron chi connectivity index (χ2n) is 3.56. The van der Waals surface area contributed by atoms with E-state index in [0.717, 1.165) is 6.04 Å². The lowest BCUT2D eigenvalue weighted by molar-refractivity contribution is 0.648. The fraction of sp³-hybridized carbons (Fsp3) is 0.600. The number of hydrogen-bond donors (Lipinski definition) is 1. The van der Waals surface area contributed by atoms with Gasteiger partial charge in [0.05, 0.1) is 0 Å². The van der Waals surface area contributed by atoms with E-state index in [2.05, 4.69) is 32.7 Å². The highest BCUT2D eigenvalue weighted by Crippen LogP contribution is 2.21. The molecule has 1 nitrogen and oxygen atoms in total. The Morgan fingerprint density at radius 2 is 2.38 bits per heavy atom. The minimum absolute atomic E-state index is 0.857. The molecule has 1 aliphatic rings. The molecule has 2 rings (SSSR count). The lowest BCUT2D eigenvalue weighted by atomic mass is 10.2. The lowest BCUT2D eigenvalue weighted by Gasteiger charge is -2.00. The van der Waals surface area contributed by atoms with Crippen molar-refractivity contribution in [1.82, 2.24) is 5.32 Å². The summed E-state index contributed by atoms with van der Waals surface area (Å²) in [5, 5.41) is 5.68. The van der Waals surface area contributed by atoms with Gasteiger partial charge in [0.2, 0.25) is 0 Å². The van der Waals surface area contributed by atoms with Crippen LogP contribution in [0, 0.1) is 0 Å². The van der Waals surface area contributed by atoms with Crippen molar-refractivity contribution in [1.29, 1.82) is 0 Å². The van der Waals surface area contributed by atoms with E-state index in [0.29, 0.717) is 0 Å². The monoisotopic (exact) mass is 259 g/mol. The minimum Gasteiger partial charge on any atom is -0.314 e. The fourth-order valence-corrected chi connectivity index (χ4v) is 2.84. The molecule has 1 fully saturated rings. The zero-order valence-electron chi connectivity index (χ0n) is 7.55. The SMILES string of the molecule is Brc1csc(CCCNC2CC2)c1. The Morgan fingerprint density at radius 1 is 1.54 bits per heavy atom. The zero-order chi connectivity index (χ0) is 9.10. The Hall–Kier alpha value is 0.140. The number of thiophene rings is 1. The summed E-state index contributed by atoms with van der Waals surface area (Å²) in [5.74, 6) is 0. The summed E-state index contributed by atoms with van der Waals surface area (Å²) in [5.41, 5.74) is 0. The van der Waals surface area contributed by atoms with Gasteiger partial charge in [-0.1, -0.05) is 0 Å². The van der Waals surface area contributed by atoms with Crippen LogP contribution < -0.4 is 5.32 Å². The average molecular weight is 260 g/mol. The summed E-state index contributed by atoms with van der Waals surface area (Å²) < 4.78 is 1.22. The highest BCUT2D eigenvalue weighted by molar-refractivity contribution is 9.10. The molecular formula is C10H14BrNS. The zero-order valence-corrected chi connectivity index (χ0v) is 9.96. The van der Waals surface area contributed by atoms with Gasteiger partial charge in [-0.3, -0.25) is 0 Å². The molecule has 0 aromatic carbocycles. The standard InChI is InChI=1S/C10H14BrNS/c11-8-6-10(13-7-8)2-1-5-12-9-3-4-9/h6-7,9,12H,1-5H2. The summed E-state index contributed by atoms with van der Waals surface area (Å²) >= 11 is 5.32. The van der Waals surface area contributed by atoms with Crippen LogP contribution in [0.3, 0.4) is 0 Å². The van der Waals surface area contributed by atoms with Crippen molar-refractivity contribution in [2.24, 2.45) is 0 Å². The topological polar surface area (TPSA) is 12.0 Å². The van der Waals surface area contributed by atoms with Gasteiger partial charge >= 0.3 is 0 Å². The Morgan fingerprint density at radius 3 is 3.00 bits per heavy atom. The van der Waals surface area contributed by atoms with Gasteiger partial charge in [0, 0.05) is 20.8 Å². The molecule has 0 unspecified atom stereocenters. The molecule has 72 valence electrons. The highest BCUT2D eigenvalue weighted by Gasteiger charge is 2.19. The number of aryl methyl sites for hydroxylation is 1. The van der Waals surface area contributed by atoms with E-state index >= 15 is 0 Å². The molecule has 3 heteroatoms. The minimum atomic E-state index is 0.857. The van der Waals surface area contributed by atoms with Gasteiger partial charge in [0.25, 0.3) is 0 Å². The third-order valence-corrected chi connectivity index (χ3v) is 3.99. The molecule has 0 atom stereocenters. The molecule has 0 amide bonds. The summed E-state index contributed by atoms with van der Waals surface area (Å²) in [6.45, 7) is 1.18. The van der Waals surface area contributed by atoms with Crippen molar-refractivity contribution in [2.45, 2.75) is 31.7 Å². The van der Waals surface area contributed by atoms with Gasteiger partial charge in [0.1, 0.15) is 0 Å². The van der Waals surface area contributed by atoms with Crippen molar-refractivity contribution >= 4 is 27.3 Å². The largest absolute Gasteiger partial charge is 0.314 e. The molecule has 13 heavy (non-hydrogen) atoms. The number of rotatable bonds is 5. The first-order valence-electron chi connectivity index (χ1n) is 4.81. The maximum absolute atomic E-state index is 3.53. The van der Waals surface area contributed by atoms with E-state index in [-0.39, 0.29) is 0 Å². The van der Waals surface area contributed by atoms with Gasteiger partial charge in [-0.2, -0.15) is 0 Å². The molecule has 1 saturated carbocycles. The van der Waals surface area contributed by atoms with Crippen LogP contribution in [0.2, 0.25) is 0 Å². The summed E-state index contributed by atoms with van der Waals surface area (Å²) in [4.78, 5) is 1.49. The molecule has 0 aliphatic heterocycles. The Balaban J connectivity index is 1.61. The van der Waals surface area contributed by atoms with Gasteiger partial charge in [-0.15, -0.1) is 11.3 Å². The normalized spacial score (nSPS) is 16.4. The Kier molecular flexibility index (Phi) is 3.41. The van der Waals surface area contributed by atoms with Gasteiger partial charge < -0.3 is 5.32 Å². The van der Waals surface area contributed by atoms with Crippen LogP contribution >= 0.6 is 27.3 Å². The lowest BCUT2D eigenvalue weighted by Crippen LogP contribution is -2.17. The van der Waals surface area contributed by atoms with Crippen molar-refractivity contribution in [3.05, 3.63) is 20.8 Å². The van der Waals surface area contributed by atoms with E-state index in [1.165, 1.54) is 41.6 Å². The average Bonchev–Trinajstić information content (AvgIpc) is 2.84.